The van der Waals surface area contributed by atoms with Gasteiger partial charge in [-0.15, -0.1) is 0 Å². The zero-order chi connectivity index (χ0) is 20.6. The van der Waals surface area contributed by atoms with E-state index in [1.54, 1.807) is 13.3 Å². The first kappa shape index (κ1) is 20.0. The van der Waals surface area contributed by atoms with Crippen molar-refractivity contribution in [2.24, 2.45) is 11.8 Å². The number of hydrogen-bond acceptors (Lipinski definition) is 4. The number of pyridine rings is 1. The topological polar surface area (TPSA) is 59.4 Å². The first-order chi connectivity index (χ1) is 13.8. The maximum absolute atomic E-state index is 13.1. The summed E-state index contributed by atoms with van der Waals surface area (Å²) >= 11 is 0. The molecule has 4 atom stereocenters. The molecule has 0 radical (unpaired) electrons. The van der Waals surface area contributed by atoms with Gasteiger partial charge in [0.15, 0.2) is 0 Å². The zero-order valence-corrected chi connectivity index (χ0v) is 17.8. The molecule has 2 aromatic heterocycles. The largest absolute Gasteiger partial charge is 0.379 e. The van der Waals surface area contributed by atoms with Crippen molar-refractivity contribution in [3.63, 3.8) is 0 Å². The lowest BCUT2D eigenvalue weighted by atomic mass is 9.77. The van der Waals surface area contributed by atoms with E-state index in [2.05, 4.69) is 35.6 Å². The molecule has 0 aromatic carbocycles. The SMILES string of the molecule is CO[C@@H]1C[C@H]2CN(C(=O)c3ccn(C(C)(C)C)c3)C[C@H]2C[C@H]1Nc1ccccn1. The lowest BCUT2D eigenvalue weighted by molar-refractivity contribution is 0.0304. The van der Waals surface area contributed by atoms with Gasteiger partial charge in [0.2, 0.25) is 0 Å². The number of likely N-dealkylation sites (tertiary alicyclic amines) is 1. The molecule has 2 aromatic rings. The number of hydrogen-bond donors (Lipinski definition) is 1. The van der Waals surface area contributed by atoms with Gasteiger partial charge in [-0.3, -0.25) is 4.79 Å². The molecule has 1 aliphatic carbocycles. The Bertz CT molecular complexity index is 842. The molecule has 1 aliphatic heterocycles. The third kappa shape index (κ3) is 4.17. The number of methoxy groups -OCH3 is 1. The standard InChI is InChI=1S/C23H32N4O2/c1-23(2,3)27-10-8-16(15-27)22(28)26-13-17-11-19(20(29-4)12-18(17)14-26)25-21-7-5-6-9-24-21/h5-10,15,17-20H,11-14H2,1-4H3,(H,24,25)/t17-,18+,19-,20-/m1/s1. The van der Waals surface area contributed by atoms with Crippen molar-refractivity contribution in [1.29, 1.82) is 0 Å². The summed E-state index contributed by atoms with van der Waals surface area (Å²) in [5.74, 6) is 2.02. The van der Waals surface area contributed by atoms with Crippen LogP contribution in [0.15, 0.2) is 42.9 Å². The predicted molar refractivity (Wildman–Crippen MR) is 114 cm³/mol. The van der Waals surface area contributed by atoms with Crippen molar-refractivity contribution in [3.8, 4) is 0 Å². The number of fused-ring (bicyclic) bond motifs is 1. The lowest BCUT2D eigenvalue weighted by Gasteiger charge is -2.37. The van der Waals surface area contributed by atoms with Crippen LogP contribution in [0.25, 0.3) is 0 Å². The summed E-state index contributed by atoms with van der Waals surface area (Å²) in [6.07, 6.45) is 7.88. The van der Waals surface area contributed by atoms with Gasteiger partial charge >= 0.3 is 0 Å². The summed E-state index contributed by atoms with van der Waals surface area (Å²) in [7, 11) is 1.78. The zero-order valence-electron chi connectivity index (χ0n) is 17.8. The normalized spacial score (nSPS) is 27.0. The highest BCUT2D eigenvalue weighted by Gasteiger charge is 2.44. The lowest BCUT2D eigenvalue weighted by Crippen LogP contribution is -2.44. The second-order valence-electron chi connectivity index (χ2n) is 9.42. The molecule has 1 amide bonds. The average molecular weight is 397 g/mol. The summed E-state index contributed by atoms with van der Waals surface area (Å²) in [5, 5.41) is 3.55. The van der Waals surface area contributed by atoms with Crippen molar-refractivity contribution in [2.45, 2.75) is 51.3 Å². The maximum Gasteiger partial charge on any atom is 0.255 e. The second kappa shape index (κ2) is 7.82. The van der Waals surface area contributed by atoms with E-state index >= 15 is 0 Å². The van der Waals surface area contributed by atoms with Gasteiger partial charge < -0.3 is 19.5 Å². The Morgan fingerprint density at radius 3 is 2.55 bits per heavy atom. The van der Waals surface area contributed by atoms with E-state index in [1.807, 2.05) is 41.6 Å². The number of nitrogens with one attached hydrogen (secondary N) is 1. The van der Waals surface area contributed by atoms with Crippen LogP contribution in [0.2, 0.25) is 0 Å². The van der Waals surface area contributed by atoms with Crippen LogP contribution in [0.4, 0.5) is 5.82 Å². The number of rotatable bonds is 4. The first-order valence-corrected chi connectivity index (χ1v) is 10.5. The highest BCUT2D eigenvalue weighted by molar-refractivity contribution is 5.94. The van der Waals surface area contributed by atoms with Gasteiger partial charge in [-0.25, -0.2) is 4.98 Å². The number of anilines is 1. The summed E-state index contributed by atoms with van der Waals surface area (Å²) in [6.45, 7) is 8.07. The van der Waals surface area contributed by atoms with Crippen molar-refractivity contribution in [1.82, 2.24) is 14.5 Å². The van der Waals surface area contributed by atoms with Crippen LogP contribution in [0.3, 0.4) is 0 Å². The molecular weight excluding hydrogens is 364 g/mol. The Morgan fingerprint density at radius 1 is 1.17 bits per heavy atom. The van der Waals surface area contributed by atoms with Crippen molar-refractivity contribution < 1.29 is 9.53 Å². The molecule has 156 valence electrons. The monoisotopic (exact) mass is 396 g/mol. The molecule has 1 saturated heterocycles. The fraction of sp³-hybridized carbons (Fsp3) is 0.565. The fourth-order valence-electron chi connectivity index (χ4n) is 4.75. The molecule has 1 saturated carbocycles. The number of carbonyl (C=O) groups is 1. The van der Waals surface area contributed by atoms with Gasteiger partial charge in [0, 0.05) is 44.3 Å². The molecule has 0 bridgehead atoms. The molecule has 2 aliphatic rings. The Kier molecular flexibility index (Phi) is 5.38. The van der Waals surface area contributed by atoms with Gasteiger partial charge in [-0.1, -0.05) is 6.07 Å². The molecule has 2 fully saturated rings. The summed E-state index contributed by atoms with van der Waals surface area (Å²) < 4.78 is 7.92. The van der Waals surface area contributed by atoms with Crippen LogP contribution in [-0.4, -0.2) is 52.7 Å². The Balaban J connectivity index is 1.44. The number of ether oxygens (including phenoxy) is 1. The highest BCUT2D eigenvalue weighted by atomic mass is 16.5. The van der Waals surface area contributed by atoms with Gasteiger partial charge in [-0.05, 0) is 63.6 Å². The number of aromatic nitrogens is 2. The van der Waals surface area contributed by atoms with Gasteiger partial charge in [0.05, 0.1) is 17.7 Å². The number of carbonyl (C=O) groups excluding carboxylic acids is 1. The van der Waals surface area contributed by atoms with Gasteiger partial charge in [0.1, 0.15) is 5.82 Å². The number of nitrogens with zero attached hydrogens (tertiary/aromatic N) is 3. The smallest absolute Gasteiger partial charge is 0.255 e. The minimum absolute atomic E-state index is 0.0203. The van der Waals surface area contributed by atoms with E-state index in [0.29, 0.717) is 11.8 Å². The molecule has 6 nitrogen and oxygen atoms in total. The molecule has 29 heavy (non-hydrogen) atoms. The van der Waals surface area contributed by atoms with E-state index in [1.165, 1.54) is 0 Å². The Labute approximate surface area is 173 Å². The predicted octanol–water partition coefficient (Wildman–Crippen LogP) is 3.62. The van der Waals surface area contributed by atoms with Crippen LogP contribution in [0, 0.1) is 11.8 Å². The minimum atomic E-state index is -0.0203. The third-order valence-corrected chi connectivity index (χ3v) is 6.42. The summed E-state index contributed by atoms with van der Waals surface area (Å²) in [4.78, 5) is 19.5. The van der Waals surface area contributed by atoms with E-state index in [4.69, 9.17) is 4.74 Å². The third-order valence-electron chi connectivity index (χ3n) is 6.42. The molecule has 4 rings (SSSR count). The van der Waals surface area contributed by atoms with Gasteiger partial charge in [-0.2, -0.15) is 0 Å². The molecular formula is C23H32N4O2. The van der Waals surface area contributed by atoms with Gasteiger partial charge in [0.25, 0.3) is 5.91 Å². The molecule has 3 heterocycles. The quantitative estimate of drug-likeness (QED) is 0.858. The molecule has 0 spiro atoms. The first-order valence-electron chi connectivity index (χ1n) is 10.5. The van der Waals surface area contributed by atoms with E-state index in [0.717, 1.165) is 37.3 Å². The van der Waals surface area contributed by atoms with Crippen LogP contribution in [0.5, 0.6) is 0 Å². The van der Waals surface area contributed by atoms with Crippen molar-refractivity contribution >= 4 is 11.7 Å². The van der Waals surface area contributed by atoms with Crippen LogP contribution in [-0.2, 0) is 10.3 Å². The van der Waals surface area contributed by atoms with E-state index in [9.17, 15) is 4.79 Å². The molecule has 6 heteroatoms. The van der Waals surface area contributed by atoms with Crippen LogP contribution in [0.1, 0.15) is 44.0 Å². The maximum atomic E-state index is 13.1. The highest BCUT2D eigenvalue weighted by Crippen LogP contribution is 2.39. The Hall–Kier alpha value is -2.34. The number of amides is 1. The van der Waals surface area contributed by atoms with E-state index in [-0.39, 0.29) is 23.6 Å². The summed E-state index contributed by atoms with van der Waals surface area (Å²) in [6, 6.07) is 8.06. The molecule has 1 N–H and O–H groups in total. The minimum Gasteiger partial charge on any atom is -0.379 e. The fourth-order valence-corrected chi connectivity index (χ4v) is 4.75. The second-order valence-corrected chi connectivity index (χ2v) is 9.42. The van der Waals surface area contributed by atoms with Crippen LogP contribution < -0.4 is 5.32 Å². The average Bonchev–Trinajstić information content (AvgIpc) is 3.34. The van der Waals surface area contributed by atoms with Crippen LogP contribution >= 0.6 is 0 Å². The molecule has 0 unspecified atom stereocenters. The van der Waals surface area contributed by atoms with Crippen molar-refractivity contribution in [3.05, 3.63) is 48.4 Å². The summed E-state index contributed by atoms with van der Waals surface area (Å²) in [5.41, 5.74) is 0.762. The van der Waals surface area contributed by atoms with Crippen molar-refractivity contribution in [2.75, 3.05) is 25.5 Å². The Morgan fingerprint density at radius 2 is 1.93 bits per heavy atom. The van der Waals surface area contributed by atoms with E-state index < -0.39 is 0 Å².